The van der Waals surface area contributed by atoms with Gasteiger partial charge in [-0.25, -0.2) is 9.37 Å². The van der Waals surface area contributed by atoms with Crippen LogP contribution in [0.4, 0.5) is 10.1 Å². The molecule has 2 nitrogen and oxygen atoms in total. The Labute approximate surface area is 106 Å². The van der Waals surface area contributed by atoms with Crippen molar-refractivity contribution < 1.29 is 4.39 Å². The second-order valence-electron chi connectivity index (χ2n) is 3.02. The molecular formula is C10H7Cl2FN2S. The number of anilines is 1. The van der Waals surface area contributed by atoms with E-state index in [1.807, 2.05) is 5.38 Å². The summed E-state index contributed by atoms with van der Waals surface area (Å²) < 4.78 is 12.9. The van der Waals surface area contributed by atoms with Crippen molar-refractivity contribution in [1.82, 2.24) is 4.98 Å². The number of hydrogen-bond acceptors (Lipinski definition) is 3. The fraction of sp³-hybridized carbons (Fsp3) is 0.100. The van der Waals surface area contributed by atoms with Crippen molar-refractivity contribution in [3.8, 4) is 0 Å². The summed E-state index contributed by atoms with van der Waals surface area (Å²) in [7, 11) is 0. The number of rotatable bonds is 3. The third kappa shape index (κ3) is 2.64. The summed E-state index contributed by atoms with van der Waals surface area (Å²) in [5, 5.41) is 6.35. The third-order valence-corrected chi connectivity index (χ3v) is 3.28. The first-order chi connectivity index (χ1) is 7.66. The summed E-state index contributed by atoms with van der Waals surface area (Å²) in [5.41, 5.74) is 0.528. The molecule has 0 bridgehead atoms. The number of nitrogens with zero attached hydrogens (tertiary/aromatic N) is 1. The van der Waals surface area contributed by atoms with Crippen LogP contribution in [0, 0.1) is 5.82 Å². The summed E-state index contributed by atoms with van der Waals surface area (Å²) >= 11 is 13.3. The average molecular weight is 277 g/mol. The van der Waals surface area contributed by atoms with E-state index in [9.17, 15) is 4.39 Å². The highest BCUT2D eigenvalue weighted by Gasteiger charge is 2.08. The Kier molecular flexibility index (Phi) is 3.63. The SMILES string of the molecule is Fc1cc(Cl)c(NCc2nccs2)c(Cl)c1. The molecule has 84 valence electrons. The molecule has 0 aliphatic carbocycles. The largest absolute Gasteiger partial charge is 0.376 e. The Bertz CT molecular complexity index is 465. The maximum Gasteiger partial charge on any atom is 0.126 e. The van der Waals surface area contributed by atoms with E-state index in [-0.39, 0.29) is 10.0 Å². The summed E-state index contributed by atoms with van der Waals surface area (Å²) in [6.07, 6.45) is 1.72. The van der Waals surface area contributed by atoms with Gasteiger partial charge in [-0.1, -0.05) is 23.2 Å². The smallest absolute Gasteiger partial charge is 0.126 e. The van der Waals surface area contributed by atoms with Crippen LogP contribution in [-0.4, -0.2) is 4.98 Å². The highest BCUT2D eigenvalue weighted by Crippen LogP contribution is 2.31. The van der Waals surface area contributed by atoms with Gasteiger partial charge >= 0.3 is 0 Å². The van der Waals surface area contributed by atoms with Crippen LogP contribution in [0.25, 0.3) is 0 Å². The van der Waals surface area contributed by atoms with E-state index in [1.165, 1.54) is 23.5 Å². The van der Waals surface area contributed by atoms with Gasteiger partial charge in [0, 0.05) is 11.6 Å². The van der Waals surface area contributed by atoms with Crippen LogP contribution in [0.5, 0.6) is 0 Å². The molecule has 0 unspecified atom stereocenters. The van der Waals surface area contributed by atoms with Crippen LogP contribution in [0.3, 0.4) is 0 Å². The van der Waals surface area contributed by atoms with E-state index >= 15 is 0 Å². The van der Waals surface area contributed by atoms with Crippen molar-refractivity contribution in [3.05, 3.63) is 44.6 Å². The first-order valence-corrected chi connectivity index (χ1v) is 6.07. The summed E-state index contributed by atoms with van der Waals surface area (Å²) in [5.74, 6) is -0.449. The second kappa shape index (κ2) is 4.99. The molecule has 1 aromatic heterocycles. The van der Waals surface area contributed by atoms with Crippen LogP contribution < -0.4 is 5.32 Å². The Morgan fingerprint density at radius 2 is 2.00 bits per heavy atom. The lowest BCUT2D eigenvalue weighted by atomic mass is 10.3. The standard InChI is InChI=1S/C10H7Cl2FN2S/c11-7-3-6(13)4-8(12)10(7)15-5-9-14-1-2-16-9/h1-4,15H,5H2. The number of benzene rings is 1. The first-order valence-electron chi connectivity index (χ1n) is 4.43. The van der Waals surface area contributed by atoms with Gasteiger partial charge in [-0.3, -0.25) is 0 Å². The average Bonchev–Trinajstić information content (AvgIpc) is 2.68. The number of thiazole rings is 1. The molecular weight excluding hydrogens is 270 g/mol. The fourth-order valence-corrected chi connectivity index (χ4v) is 2.37. The molecule has 2 rings (SSSR count). The highest BCUT2D eigenvalue weighted by atomic mass is 35.5. The molecule has 0 amide bonds. The maximum atomic E-state index is 12.9. The maximum absolute atomic E-state index is 12.9. The molecule has 1 aromatic carbocycles. The van der Waals surface area contributed by atoms with E-state index in [0.717, 1.165) is 5.01 Å². The lowest BCUT2D eigenvalue weighted by molar-refractivity contribution is 0.628. The van der Waals surface area contributed by atoms with Crippen molar-refractivity contribution in [2.75, 3.05) is 5.32 Å². The molecule has 1 heterocycles. The van der Waals surface area contributed by atoms with Gasteiger partial charge in [0.05, 0.1) is 22.3 Å². The third-order valence-electron chi connectivity index (χ3n) is 1.91. The zero-order chi connectivity index (χ0) is 11.5. The monoisotopic (exact) mass is 276 g/mol. The summed E-state index contributed by atoms with van der Waals surface area (Å²) in [6, 6.07) is 2.44. The second-order valence-corrected chi connectivity index (χ2v) is 4.82. The van der Waals surface area contributed by atoms with E-state index in [1.54, 1.807) is 6.20 Å². The van der Waals surface area contributed by atoms with Crippen LogP contribution in [0.15, 0.2) is 23.7 Å². The minimum Gasteiger partial charge on any atom is -0.376 e. The van der Waals surface area contributed by atoms with E-state index < -0.39 is 5.82 Å². The topological polar surface area (TPSA) is 24.9 Å². The van der Waals surface area contributed by atoms with Gasteiger partial charge in [0.1, 0.15) is 10.8 Å². The van der Waals surface area contributed by atoms with Crippen LogP contribution in [0.2, 0.25) is 10.0 Å². The Hall–Kier alpha value is -0.840. The number of nitrogens with one attached hydrogen (secondary N) is 1. The molecule has 0 spiro atoms. The summed E-state index contributed by atoms with van der Waals surface area (Å²) in [4.78, 5) is 4.10. The van der Waals surface area contributed by atoms with Crippen molar-refractivity contribution in [2.24, 2.45) is 0 Å². The van der Waals surface area contributed by atoms with Gasteiger partial charge in [0.2, 0.25) is 0 Å². The van der Waals surface area contributed by atoms with Crippen molar-refractivity contribution in [3.63, 3.8) is 0 Å². The van der Waals surface area contributed by atoms with Crippen LogP contribution in [0.1, 0.15) is 5.01 Å². The van der Waals surface area contributed by atoms with Crippen molar-refractivity contribution in [1.29, 1.82) is 0 Å². The van der Waals surface area contributed by atoms with Gasteiger partial charge in [-0.15, -0.1) is 11.3 Å². The zero-order valence-electron chi connectivity index (χ0n) is 8.01. The number of hydrogen-bond donors (Lipinski definition) is 1. The highest BCUT2D eigenvalue weighted by molar-refractivity contribution is 7.09. The fourth-order valence-electron chi connectivity index (χ4n) is 1.22. The quantitative estimate of drug-likeness (QED) is 0.909. The van der Waals surface area contributed by atoms with Crippen LogP contribution in [-0.2, 0) is 6.54 Å². The molecule has 0 fully saturated rings. The van der Waals surface area contributed by atoms with Gasteiger partial charge in [0.25, 0.3) is 0 Å². The minimum absolute atomic E-state index is 0.265. The van der Waals surface area contributed by atoms with Crippen molar-refractivity contribution in [2.45, 2.75) is 6.54 Å². The molecule has 0 atom stereocenters. The van der Waals surface area contributed by atoms with Crippen molar-refractivity contribution >= 4 is 40.2 Å². The van der Waals surface area contributed by atoms with Crippen LogP contribution >= 0.6 is 34.5 Å². The van der Waals surface area contributed by atoms with Gasteiger partial charge in [0.15, 0.2) is 0 Å². The lowest BCUT2D eigenvalue weighted by Crippen LogP contribution is -2.00. The Morgan fingerprint density at radius 1 is 1.31 bits per heavy atom. The molecule has 0 aliphatic rings. The molecule has 0 aliphatic heterocycles. The Morgan fingerprint density at radius 3 is 2.56 bits per heavy atom. The normalized spacial score (nSPS) is 10.4. The van der Waals surface area contributed by atoms with E-state index in [2.05, 4.69) is 10.3 Å². The number of aromatic nitrogens is 1. The molecule has 0 saturated carbocycles. The van der Waals surface area contributed by atoms with E-state index in [4.69, 9.17) is 23.2 Å². The molecule has 0 radical (unpaired) electrons. The zero-order valence-corrected chi connectivity index (χ0v) is 10.3. The predicted octanol–water partition coefficient (Wildman–Crippen LogP) is 4.20. The van der Waals surface area contributed by atoms with Gasteiger partial charge < -0.3 is 5.32 Å². The summed E-state index contributed by atoms with van der Waals surface area (Å²) in [6.45, 7) is 0.517. The molecule has 0 saturated heterocycles. The van der Waals surface area contributed by atoms with E-state index in [0.29, 0.717) is 12.2 Å². The minimum atomic E-state index is -0.449. The molecule has 2 aromatic rings. The lowest BCUT2D eigenvalue weighted by Gasteiger charge is -2.08. The number of halogens is 3. The van der Waals surface area contributed by atoms with Gasteiger partial charge in [-0.2, -0.15) is 0 Å². The molecule has 6 heteroatoms. The molecule has 16 heavy (non-hydrogen) atoms. The molecule has 1 N–H and O–H groups in total. The van der Waals surface area contributed by atoms with Gasteiger partial charge in [-0.05, 0) is 12.1 Å². The predicted molar refractivity (Wildman–Crippen MR) is 65.9 cm³/mol. The first kappa shape index (κ1) is 11.6. The Balaban J connectivity index is 2.15.